The molecule has 2 atom stereocenters. The van der Waals surface area contributed by atoms with E-state index in [-0.39, 0.29) is 0 Å². The zero-order valence-corrected chi connectivity index (χ0v) is 7.33. The highest BCUT2D eigenvalue weighted by molar-refractivity contribution is 5.18. The van der Waals surface area contributed by atoms with Gasteiger partial charge in [0.15, 0.2) is 0 Å². The molecule has 2 unspecified atom stereocenters. The summed E-state index contributed by atoms with van der Waals surface area (Å²) in [6.45, 7) is 0. The van der Waals surface area contributed by atoms with Crippen LogP contribution >= 0.6 is 0 Å². The molecule has 74 valence electrons. The molecule has 2 heterocycles. The van der Waals surface area contributed by atoms with Gasteiger partial charge in [0.2, 0.25) is 0 Å². The number of aliphatic hydroxyl groups excluding tert-OH is 2. The summed E-state index contributed by atoms with van der Waals surface area (Å²) in [4.78, 5) is 0. The number of hydrogen-bond acceptors (Lipinski definition) is 4. The van der Waals surface area contributed by atoms with Crippen LogP contribution < -0.4 is 0 Å². The first kappa shape index (κ1) is 9.05. The highest BCUT2D eigenvalue weighted by Crippen LogP contribution is 2.28. The lowest BCUT2D eigenvalue weighted by Gasteiger charge is -2.14. The van der Waals surface area contributed by atoms with Gasteiger partial charge < -0.3 is 19.0 Å². The van der Waals surface area contributed by atoms with Crippen molar-refractivity contribution in [2.24, 2.45) is 0 Å². The van der Waals surface area contributed by atoms with Crippen LogP contribution in [0.25, 0.3) is 0 Å². The fourth-order valence-electron chi connectivity index (χ4n) is 1.25. The largest absolute Gasteiger partial charge is 0.472 e. The molecule has 0 aromatic carbocycles. The Bertz CT molecular complexity index is 324. The van der Waals surface area contributed by atoms with Crippen LogP contribution in [0.15, 0.2) is 46.0 Å². The van der Waals surface area contributed by atoms with Gasteiger partial charge in [-0.3, -0.25) is 0 Å². The Morgan fingerprint density at radius 3 is 1.57 bits per heavy atom. The fraction of sp³-hybridized carbons (Fsp3) is 0.200. The first-order chi connectivity index (χ1) is 6.79. The lowest BCUT2D eigenvalue weighted by atomic mass is 10.0. The molecule has 0 aliphatic rings. The first-order valence-corrected chi connectivity index (χ1v) is 4.19. The van der Waals surface area contributed by atoms with Gasteiger partial charge in [0.25, 0.3) is 0 Å². The van der Waals surface area contributed by atoms with Crippen LogP contribution in [-0.2, 0) is 0 Å². The fourth-order valence-corrected chi connectivity index (χ4v) is 1.25. The Morgan fingerprint density at radius 2 is 1.29 bits per heavy atom. The molecule has 0 radical (unpaired) electrons. The molecule has 2 aromatic heterocycles. The van der Waals surface area contributed by atoms with E-state index in [1.807, 2.05) is 0 Å². The van der Waals surface area contributed by atoms with Crippen molar-refractivity contribution in [2.75, 3.05) is 0 Å². The Balaban J connectivity index is 2.16. The summed E-state index contributed by atoms with van der Waals surface area (Å²) in [6.07, 6.45) is 3.70. The van der Waals surface area contributed by atoms with E-state index in [0.717, 1.165) is 0 Å². The third kappa shape index (κ3) is 1.57. The monoisotopic (exact) mass is 194 g/mol. The molecule has 4 nitrogen and oxygen atoms in total. The van der Waals surface area contributed by atoms with E-state index in [0.29, 0.717) is 11.1 Å². The van der Waals surface area contributed by atoms with Crippen LogP contribution in [0.2, 0.25) is 0 Å². The zero-order valence-electron chi connectivity index (χ0n) is 7.33. The third-order valence-electron chi connectivity index (χ3n) is 2.07. The predicted molar refractivity (Wildman–Crippen MR) is 47.3 cm³/mol. The molecule has 0 aliphatic carbocycles. The van der Waals surface area contributed by atoms with E-state index in [2.05, 4.69) is 0 Å². The zero-order chi connectivity index (χ0) is 9.97. The third-order valence-corrected chi connectivity index (χ3v) is 2.07. The topological polar surface area (TPSA) is 66.7 Å². The molecule has 0 amide bonds. The van der Waals surface area contributed by atoms with Crippen LogP contribution in [0.1, 0.15) is 23.3 Å². The average Bonchev–Trinajstić information content (AvgIpc) is 2.87. The van der Waals surface area contributed by atoms with Crippen molar-refractivity contribution in [3.63, 3.8) is 0 Å². The highest BCUT2D eigenvalue weighted by Gasteiger charge is 2.21. The molecule has 0 aliphatic heterocycles. The van der Waals surface area contributed by atoms with Crippen LogP contribution in [-0.4, -0.2) is 10.2 Å². The SMILES string of the molecule is OC(c1ccoc1)C(O)c1ccoc1. The Kier molecular flexibility index (Phi) is 2.39. The summed E-state index contributed by atoms with van der Waals surface area (Å²) < 4.78 is 9.62. The quantitative estimate of drug-likeness (QED) is 0.779. The molecule has 0 fully saturated rings. The molecule has 0 bridgehead atoms. The lowest BCUT2D eigenvalue weighted by Crippen LogP contribution is -2.08. The van der Waals surface area contributed by atoms with E-state index in [1.54, 1.807) is 12.1 Å². The second-order valence-electron chi connectivity index (χ2n) is 3.00. The van der Waals surface area contributed by atoms with Crippen LogP contribution in [0.5, 0.6) is 0 Å². The van der Waals surface area contributed by atoms with Gasteiger partial charge in [0, 0.05) is 11.1 Å². The van der Waals surface area contributed by atoms with Crippen molar-refractivity contribution in [3.05, 3.63) is 48.3 Å². The highest BCUT2D eigenvalue weighted by atomic mass is 16.3. The Morgan fingerprint density at radius 1 is 0.857 bits per heavy atom. The van der Waals surface area contributed by atoms with Gasteiger partial charge in [-0.2, -0.15) is 0 Å². The summed E-state index contributed by atoms with van der Waals surface area (Å²) in [7, 11) is 0. The number of hydrogen-bond donors (Lipinski definition) is 2. The van der Waals surface area contributed by atoms with Crippen LogP contribution in [0.4, 0.5) is 0 Å². The van der Waals surface area contributed by atoms with Gasteiger partial charge in [-0.05, 0) is 12.1 Å². The van der Waals surface area contributed by atoms with E-state index in [4.69, 9.17) is 8.83 Å². The summed E-state index contributed by atoms with van der Waals surface area (Å²) in [5.74, 6) is 0. The Labute approximate surface area is 80.4 Å². The molecule has 2 N–H and O–H groups in total. The molecular formula is C10H10O4. The second-order valence-corrected chi connectivity index (χ2v) is 3.00. The molecule has 0 saturated heterocycles. The molecule has 14 heavy (non-hydrogen) atoms. The minimum atomic E-state index is -0.994. The number of furan rings is 2. The average molecular weight is 194 g/mol. The van der Waals surface area contributed by atoms with Gasteiger partial charge >= 0.3 is 0 Å². The Hall–Kier alpha value is -1.52. The first-order valence-electron chi connectivity index (χ1n) is 4.19. The van der Waals surface area contributed by atoms with Crippen molar-refractivity contribution in [1.29, 1.82) is 0 Å². The molecule has 0 saturated carbocycles. The van der Waals surface area contributed by atoms with Crippen molar-refractivity contribution in [1.82, 2.24) is 0 Å². The van der Waals surface area contributed by atoms with E-state index in [1.165, 1.54) is 25.1 Å². The predicted octanol–water partition coefficient (Wildman–Crippen LogP) is 1.64. The van der Waals surface area contributed by atoms with E-state index in [9.17, 15) is 10.2 Å². The normalized spacial score (nSPS) is 15.3. The van der Waals surface area contributed by atoms with Gasteiger partial charge in [0.1, 0.15) is 12.2 Å². The van der Waals surface area contributed by atoms with E-state index >= 15 is 0 Å². The minimum absolute atomic E-state index is 0.540. The maximum absolute atomic E-state index is 9.70. The minimum Gasteiger partial charge on any atom is -0.472 e. The van der Waals surface area contributed by atoms with Crippen molar-refractivity contribution in [3.8, 4) is 0 Å². The van der Waals surface area contributed by atoms with Crippen LogP contribution in [0, 0.1) is 0 Å². The van der Waals surface area contributed by atoms with Crippen molar-refractivity contribution < 1.29 is 19.0 Å². The maximum atomic E-state index is 9.70. The van der Waals surface area contributed by atoms with Crippen molar-refractivity contribution in [2.45, 2.75) is 12.2 Å². The lowest BCUT2D eigenvalue weighted by molar-refractivity contribution is 0.0165. The van der Waals surface area contributed by atoms with E-state index < -0.39 is 12.2 Å². The summed E-state index contributed by atoms with van der Waals surface area (Å²) in [5.41, 5.74) is 1.08. The van der Waals surface area contributed by atoms with Crippen molar-refractivity contribution >= 4 is 0 Å². The second kappa shape index (κ2) is 3.69. The molecule has 2 rings (SSSR count). The van der Waals surface area contributed by atoms with Gasteiger partial charge in [-0.1, -0.05) is 0 Å². The molecule has 0 spiro atoms. The number of rotatable bonds is 3. The molecule has 2 aromatic rings. The summed E-state index contributed by atoms with van der Waals surface area (Å²) >= 11 is 0. The maximum Gasteiger partial charge on any atom is 0.112 e. The van der Waals surface area contributed by atoms with Gasteiger partial charge in [-0.25, -0.2) is 0 Å². The van der Waals surface area contributed by atoms with Crippen LogP contribution in [0.3, 0.4) is 0 Å². The smallest absolute Gasteiger partial charge is 0.112 e. The summed E-state index contributed by atoms with van der Waals surface area (Å²) in [5, 5.41) is 19.4. The standard InChI is InChI=1S/C10H10O4/c11-9(7-1-3-13-5-7)10(12)8-2-4-14-6-8/h1-6,9-12H. The van der Waals surface area contributed by atoms with Gasteiger partial charge in [0.05, 0.1) is 25.1 Å². The number of aliphatic hydroxyl groups is 2. The molecular weight excluding hydrogens is 184 g/mol. The summed E-state index contributed by atoms with van der Waals surface area (Å²) in [6, 6.07) is 3.21. The molecule has 4 heteroatoms. The van der Waals surface area contributed by atoms with Gasteiger partial charge in [-0.15, -0.1) is 0 Å².